The SMILES string of the molecule is CC(C)(c1cc(C(F)(F)F)ccc1F)C(O)C(=O)O. The fraction of sp³-hybridized carbons (Fsp3) is 0.417. The van der Waals surface area contributed by atoms with Crippen LogP contribution in [0.3, 0.4) is 0 Å². The van der Waals surface area contributed by atoms with Gasteiger partial charge in [-0.15, -0.1) is 0 Å². The van der Waals surface area contributed by atoms with E-state index in [9.17, 15) is 27.5 Å². The summed E-state index contributed by atoms with van der Waals surface area (Å²) in [4.78, 5) is 10.7. The fourth-order valence-electron chi connectivity index (χ4n) is 1.65. The van der Waals surface area contributed by atoms with Crippen LogP contribution >= 0.6 is 0 Å². The number of carboxylic acid groups (broad SMARTS) is 1. The van der Waals surface area contributed by atoms with E-state index in [2.05, 4.69) is 0 Å². The first-order valence-electron chi connectivity index (χ1n) is 5.26. The van der Waals surface area contributed by atoms with Crippen LogP contribution in [0.15, 0.2) is 18.2 Å². The molecule has 19 heavy (non-hydrogen) atoms. The zero-order valence-corrected chi connectivity index (χ0v) is 10.1. The molecule has 1 aromatic carbocycles. The number of benzene rings is 1. The molecule has 106 valence electrons. The fourth-order valence-corrected chi connectivity index (χ4v) is 1.65. The normalized spacial score (nSPS) is 14.3. The topological polar surface area (TPSA) is 57.5 Å². The van der Waals surface area contributed by atoms with Gasteiger partial charge in [0.2, 0.25) is 0 Å². The van der Waals surface area contributed by atoms with E-state index < -0.39 is 40.6 Å². The maximum Gasteiger partial charge on any atom is 0.416 e. The van der Waals surface area contributed by atoms with Crippen molar-refractivity contribution >= 4 is 5.97 Å². The highest BCUT2D eigenvalue weighted by atomic mass is 19.4. The van der Waals surface area contributed by atoms with Crippen molar-refractivity contribution in [1.29, 1.82) is 0 Å². The molecule has 0 heterocycles. The van der Waals surface area contributed by atoms with Gasteiger partial charge in [-0.3, -0.25) is 0 Å². The number of alkyl halides is 3. The molecule has 3 nitrogen and oxygen atoms in total. The van der Waals surface area contributed by atoms with Gasteiger partial charge in [0.05, 0.1) is 5.56 Å². The molecule has 0 aliphatic heterocycles. The summed E-state index contributed by atoms with van der Waals surface area (Å²) in [5.74, 6) is -2.64. The molecular weight excluding hydrogens is 268 g/mol. The second-order valence-electron chi connectivity index (χ2n) is 4.65. The van der Waals surface area contributed by atoms with E-state index in [1.54, 1.807) is 0 Å². The van der Waals surface area contributed by atoms with Crippen LogP contribution in [0.4, 0.5) is 17.6 Å². The van der Waals surface area contributed by atoms with E-state index in [-0.39, 0.29) is 0 Å². The molecule has 0 fully saturated rings. The lowest BCUT2D eigenvalue weighted by Crippen LogP contribution is -2.40. The average Bonchev–Trinajstić information content (AvgIpc) is 2.26. The first kappa shape index (κ1) is 15.4. The Morgan fingerprint density at radius 2 is 1.79 bits per heavy atom. The van der Waals surface area contributed by atoms with Crippen molar-refractivity contribution in [3.05, 3.63) is 35.1 Å². The van der Waals surface area contributed by atoms with Crippen LogP contribution < -0.4 is 0 Å². The van der Waals surface area contributed by atoms with Crippen molar-refractivity contribution in [3.63, 3.8) is 0 Å². The summed E-state index contributed by atoms with van der Waals surface area (Å²) >= 11 is 0. The third-order valence-corrected chi connectivity index (χ3v) is 2.91. The van der Waals surface area contributed by atoms with E-state index in [0.29, 0.717) is 18.2 Å². The number of carbonyl (C=O) groups is 1. The second-order valence-corrected chi connectivity index (χ2v) is 4.65. The first-order chi connectivity index (χ1) is 8.48. The van der Waals surface area contributed by atoms with Crippen LogP contribution in [0.2, 0.25) is 0 Å². The van der Waals surface area contributed by atoms with E-state index in [4.69, 9.17) is 5.11 Å². The summed E-state index contributed by atoms with van der Waals surface area (Å²) in [7, 11) is 0. The van der Waals surface area contributed by atoms with Crippen LogP contribution in [0.5, 0.6) is 0 Å². The Morgan fingerprint density at radius 3 is 2.21 bits per heavy atom. The van der Waals surface area contributed by atoms with Crippen molar-refractivity contribution in [2.45, 2.75) is 31.5 Å². The summed E-state index contributed by atoms with van der Waals surface area (Å²) in [5, 5.41) is 18.2. The lowest BCUT2D eigenvalue weighted by Gasteiger charge is -2.29. The molecule has 0 radical (unpaired) electrons. The number of rotatable bonds is 3. The molecule has 1 atom stereocenters. The van der Waals surface area contributed by atoms with Crippen LogP contribution in [-0.2, 0) is 16.4 Å². The van der Waals surface area contributed by atoms with Gasteiger partial charge >= 0.3 is 12.1 Å². The Morgan fingerprint density at radius 1 is 1.26 bits per heavy atom. The minimum absolute atomic E-state index is 0.503. The van der Waals surface area contributed by atoms with Gasteiger partial charge in [0.1, 0.15) is 5.82 Å². The molecule has 2 N–H and O–H groups in total. The van der Waals surface area contributed by atoms with E-state index in [1.165, 1.54) is 0 Å². The highest BCUT2D eigenvalue weighted by Crippen LogP contribution is 2.35. The maximum atomic E-state index is 13.6. The molecule has 0 saturated carbocycles. The predicted octanol–water partition coefficient (Wildman–Crippen LogP) is 2.57. The van der Waals surface area contributed by atoms with Crippen LogP contribution in [-0.4, -0.2) is 22.3 Å². The standard InChI is InChI=1S/C12H12F4O3/c1-11(2,9(17)10(18)19)7-5-6(12(14,15)16)3-4-8(7)13/h3-5,9,17H,1-2H3,(H,18,19). The molecule has 0 aromatic heterocycles. The summed E-state index contributed by atoms with van der Waals surface area (Å²) in [6.45, 7) is 2.31. The van der Waals surface area contributed by atoms with Crippen molar-refractivity contribution in [2.24, 2.45) is 0 Å². The van der Waals surface area contributed by atoms with E-state index >= 15 is 0 Å². The number of halogens is 4. The first-order valence-corrected chi connectivity index (χ1v) is 5.26. The lowest BCUT2D eigenvalue weighted by molar-refractivity contribution is -0.150. The molecule has 0 saturated heterocycles. The summed E-state index contributed by atoms with van der Waals surface area (Å²) < 4.78 is 51.2. The van der Waals surface area contributed by atoms with Crippen molar-refractivity contribution < 1.29 is 32.6 Å². The molecule has 0 aliphatic carbocycles. The van der Waals surface area contributed by atoms with Crippen molar-refractivity contribution in [2.75, 3.05) is 0 Å². The monoisotopic (exact) mass is 280 g/mol. The smallest absolute Gasteiger partial charge is 0.416 e. The largest absolute Gasteiger partial charge is 0.479 e. The third kappa shape index (κ3) is 3.04. The van der Waals surface area contributed by atoms with Gasteiger partial charge in [0.25, 0.3) is 0 Å². The highest BCUT2D eigenvalue weighted by molar-refractivity contribution is 5.74. The molecule has 1 unspecified atom stereocenters. The molecule has 0 amide bonds. The summed E-state index contributed by atoms with van der Waals surface area (Å²) in [5.41, 5.74) is -3.30. The minimum atomic E-state index is -4.67. The van der Waals surface area contributed by atoms with Gasteiger partial charge in [0, 0.05) is 5.41 Å². The number of hydrogen-bond acceptors (Lipinski definition) is 2. The number of aliphatic hydroxyl groups is 1. The third-order valence-electron chi connectivity index (χ3n) is 2.91. The highest BCUT2D eigenvalue weighted by Gasteiger charge is 2.39. The number of aliphatic hydroxyl groups excluding tert-OH is 1. The van der Waals surface area contributed by atoms with Crippen LogP contribution in [0.1, 0.15) is 25.0 Å². The number of hydrogen-bond donors (Lipinski definition) is 2. The molecule has 7 heteroatoms. The Bertz CT molecular complexity index is 494. The van der Waals surface area contributed by atoms with E-state index in [0.717, 1.165) is 13.8 Å². The van der Waals surface area contributed by atoms with Crippen LogP contribution in [0.25, 0.3) is 0 Å². The zero-order chi connectivity index (χ0) is 15.0. The molecular formula is C12H12F4O3. The number of aliphatic carboxylic acids is 1. The van der Waals surface area contributed by atoms with Gasteiger partial charge in [-0.1, -0.05) is 13.8 Å². The Balaban J connectivity index is 3.37. The Labute approximate surface area is 106 Å². The average molecular weight is 280 g/mol. The summed E-state index contributed by atoms with van der Waals surface area (Å²) in [6, 6.07) is 1.68. The second kappa shape index (κ2) is 4.80. The molecule has 0 aliphatic rings. The predicted molar refractivity (Wildman–Crippen MR) is 58.1 cm³/mol. The van der Waals surface area contributed by atoms with Gasteiger partial charge in [-0.05, 0) is 23.8 Å². The molecule has 0 spiro atoms. The van der Waals surface area contributed by atoms with Gasteiger partial charge in [-0.2, -0.15) is 13.2 Å². The molecule has 1 aromatic rings. The Hall–Kier alpha value is -1.63. The quantitative estimate of drug-likeness (QED) is 0.837. The van der Waals surface area contributed by atoms with Gasteiger partial charge in [-0.25, -0.2) is 9.18 Å². The van der Waals surface area contributed by atoms with Gasteiger partial charge < -0.3 is 10.2 Å². The zero-order valence-electron chi connectivity index (χ0n) is 10.1. The molecule has 0 bridgehead atoms. The number of carboxylic acids is 1. The Kier molecular flexibility index (Phi) is 3.90. The van der Waals surface area contributed by atoms with Crippen molar-refractivity contribution in [3.8, 4) is 0 Å². The van der Waals surface area contributed by atoms with Gasteiger partial charge in [0.15, 0.2) is 6.10 Å². The minimum Gasteiger partial charge on any atom is -0.479 e. The van der Waals surface area contributed by atoms with Crippen LogP contribution in [0, 0.1) is 5.82 Å². The van der Waals surface area contributed by atoms with E-state index in [1.807, 2.05) is 0 Å². The summed E-state index contributed by atoms with van der Waals surface area (Å²) in [6.07, 6.45) is -6.70. The maximum absolute atomic E-state index is 13.6. The lowest BCUT2D eigenvalue weighted by atomic mass is 9.78. The van der Waals surface area contributed by atoms with Crippen molar-refractivity contribution in [1.82, 2.24) is 0 Å². The molecule has 1 rings (SSSR count).